The van der Waals surface area contributed by atoms with Crippen LogP contribution in [0.15, 0.2) is 30.3 Å². The van der Waals surface area contributed by atoms with Gasteiger partial charge in [-0.2, -0.15) is 13.2 Å². The third-order valence-corrected chi connectivity index (χ3v) is 4.72. The lowest BCUT2D eigenvalue weighted by atomic mass is 9.99. The average molecular weight is 451 g/mol. The standard InChI is InChI=1S/C20H28F3NO7/c21-20(22,23)19(28)24-9-5-2-6-10-29-12-14-15(25)16(26)17(27)18(31-14)30-11-13-7-3-1-4-8-13/h1,3-4,7-8,14-18,25-27H,2,5-6,9-12H2,(H,24,28)/t14-,15-,16+,17-,18-/m1/s1. The molecule has 0 radical (unpaired) electrons. The van der Waals surface area contributed by atoms with Crippen molar-refractivity contribution in [2.75, 3.05) is 19.8 Å². The van der Waals surface area contributed by atoms with E-state index in [4.69, 9.17) is 14.2 Å². The molecule has 0 spiro atoms. The minimum absolute atomic E-state index is 0.0685. The number of amides is 1. The van der Waals surface area contributed by atoms with E-state index in [1.807, 2.05) is 30.3 Å². The van der Waals surface area contributed by atoms with Crippen LogP contribution in [0.25, 0.3) is 0 Å². The molecule has 1 aromatic rings. The van der Waals surface area contributed by atoms with E-state index in [2.05, 4.69) is 0 Å². The van der Waals surface area contributed by atoms with Gasteiger partial charge in [0.25, 0.3) is 0 Å². The summed E-state index contributed by atoms with van der Waals surface area (Å²) in [6.45, 7) is 0.228. The van der Waals surface area contributed by atoms with Crippen molar-refractivity contribution in [3.63, 3.8) is 0 Å². The van der Waals surface area contributed by atoms with Gasteiger partial charge in [0.2, 0.25) is 0 Å². The Bertz CT molecular complexity index is 662. The Balaban J connectivity index is 1.65. The summed E-state index contributed by atoms with van der Waals surface area (Å²) in [6.07, 6.45) is -9.83. The Hall–Kier alpha value is -1.76. The van der Waals surface area contributed by atoms with Crippen molar-refractivity contribution < 1.29 is 47.5 Å². The van der Waals surface area contributed by atoms with Gasteiger partial charge in [0.05, 0.1) is 13.2 Å². The average Bonchev–Trinajstić information content (AvgIpc) is 2.74. The van der Waals surface area contributed by atoms with Crippen LogP contribution in [0.3, 0.4) is 0 Å². The van der Waals surface area contributed by atoms with Gasteiger partial charge in [-0.3, -0.25) is 4.79 Å². The first kappa shape index (κ1) is 25.5. The van der Waals surface area contributed by atoms with E-state index in [1.54, 1.807) is 5.32 Å². The molecule has 0 unspecified atom stereocenters. The van der Waals surface area contributed by atoms with Crippen LogP contribution < -0.4 is 5.32 Å². The lowest BCUT2D eigenvalue weighted by molar-refractivity contribution is -0.305. The SMILES string of the molecule is O=C(NCCCCCOC[C@H]1O[C@@H](OCc2ccccc2)[C@H](O)[C@@H](O)[C@@H]1O)C(F)(F)F. The molecule has 0 bridgehead atoms. The summed E-state index contributed by atoms with van der Waals surface area (Å²) < 4.78 is 52.6. The molecule has 1 saturated heterocycles. The number of alkyl halides is 3. The minimum Gasteiger partial charge on any atom is -0.387 e. The van der Waals surface area contributed by atoms with E-state index in [9.17, 15) is 33.3 Å². The molecule has 2 rings (SSSR count). The second-order valence-electron chi connectivity index (χ2n) is 7.20. The maximum atomic E-state index is 12.0. The molecule has 1 fully saturated rings. The van der Waals surface area contributed by atoms with Crippen LogP contribution in [0, 0.1) is 0 Å². The number of carbonyl (C=O) groups is 1. The van der Waals surface area contributed by atoms with E-state index in [-0.39, 0.29) is 26.4 Å². The number of halogens is 3. The molecular formula is C20H28F3NO7. The molecule has 31 heavy (non-hydrogen) atoms. The summed E-state index contributed by atoms with van der Waals surface area (Å²) in [5, 5.41) is 32.0. The molecule has 1 amide bonds. The monoisotopic (exact) mass is 451 g/mol. The molecule has 1 heterocycles. The van der Waals surface area contributed by atoms with E-state index in [1.165, 1.54) is 0 Å². The molecule has 1 aliphatic heterocycles. The van der Waals surface area contributed by atoms with Crippen molar-refractivity contribution in [1.29, 1.82) is 0 Å². The molecule has 5 atom stereocenters. The van der Waals surface area contributed by atoms with Gasteiger partial charge < -0.3 is 34.8 Å². The smallest absolute Gasteiger partial charge is 0.387 e. The van der Waals surface area contributed by atoms with Crippen LogP contribution in [0.1, 0.15) is 24.8 Å². The Morgan fingerprint density at radius 3 is 2.42 bits per heavy atom. The van der Waals surface area contributed by atoms with Crippen LogP contribution in [-0.2, 0) is 25.6 Å². The second kappa shape index (κ2) is 12.3. The summed E-state index contributed by atoms with van der Waals surface area (Å²) >= 11 is 0. The largest absolute Gasteiger partial charge is 0.471 e. The van der Waals surface area contributed by atoms with Crippen molar-refractivity contribution in [1.82, 2.24) is 5.32 Å². The lowest BCUT2D eigenvalue weighted by Gasteiger charge is -2.40. The quantitative estimate of drug-likeness (QED) is 0.369. The van der Waals surface area contributed by atoms with Crippen LogP contribution in [0.4, 0.5) is 13.2 Å². The first-order chi connectivity index (χ1) is 14.7. The Morgan fingerprint density at radius 2 is 1.74 bits per heavy atom. The van der Waals surface area contributed by atoms with Gasteiger partial charge in [0, 0.05) is 13.2 Å². The van der Waals surface area contributed by atoms with Crippen LogP contribution in [0.2, 0.25) is 0 Å². The molecular weight excluding hydrogens is 423 g/mol. The fourth-order valence-electron chi connectivity index (χ4n) is 2.95. The Morgan fingerprint density at radius 1 is 1.03 bits per heavy atom. The summed E-state index contributed by atoms with van der Waals surface area (Å²) in [4.78, 5) is 10.7. The van der Waals surface area contributed by atoms with Gasteiger partial charge >= 0.3 is 12.1 Å². The predicted molar refractivity (Wildman–Crippen MR) is 102 cm³/mol. The van der Waals surface area contributed by atoms with Gasteiger partial charge in [-0.1, -0.05) is 30.3 Å². The zero-order chi connectivity index (χ0) is 22.9. The highest BCUT2D eigenvalue weighted by molar-refractivity contribution is 5.81. The van der Waals surface area contributed by atoms with Gasteiger partial charge in [-0.25, -0.2) is 0 Å². The number of aliphatic hydroxyl groups excluding tert-OH is 3. The summed E-state index contributed by atoms with van der Waals surface area (Å²) in [7, 11) is 0. The van der Waals surface area contributed by atoms with Gasteiger partial charge in [-0.15, -0.1) is 0 Å². The number of carbonyl (C=O) groups excluding carboxylic acids is 1. The molecule has 176 valence electrons. The Kier molecular flexibility index (Phi) is 10.1. The van der Waals surface area contributed by atoms with Crippen molar-refractivity contribution in [3.05, 3.63) is 35.9 Å². The number of ether oxygens (including phenoxy) is 3. The van der Waals surface area contributed by atoms with Crippen molar-refractivity contribution in [2.45, 2.75) is 62.8 Å². The summed E-state index contributed by atoms with van der Waals surface area (Å²) in [6, 6.07) is 9.17. The van der Waals surface area contributed by atoms with E-state index in [0.29, 0.717) is 19.3 Å². The number of rotatable bonds is 11. The number of benzene rings is 1. The maximum Gasteiger partial charge on any atom is 0.471 e. The van der Waals surface area contributed by atoms with Gasteiger partial charge in [0.1, 0.15) is 24.4 Å². The fourth-order valence-corrected chi connectivity index (χ4v) is 2.95. The number of hydrogen-bond donors (Lipinski definition) is 4. The molecule has 4 N–H and O–H groups in total. The van der Waals surface area contributed by atoms with E-state index >= 15 is 0 Å². The van der Waals surface area contributed by atoms with Crippen LogP contribution in [0.5, 0.6) is 0 Å². The topological polar surface area (TPSA) is 117 Å². The fraction of sp³-hybridized carbons (Fsp3) is 0.650. The molecule has 11 heteroatoms. The first-order valence-electron chi connectivity index (χ1n) is 9.98. The zero-order valence-electron chi connectivity index (χ0n) is 16.8. The van der Waals surface area contributed by atoms with Gasteiger partial charge in [0.15, 0.2) is 6.29 Å². The van der Waals surface area contributed by atoms with Gasteiger partial charge in [-0.05, 0) is 24.8 Å². The summed E-state index contributed by atoms with van der Waals surface area (Å²) in [5.41, 5.74) is 0.845. The van der Waals surface area contributed by atoms with Crippen molar-refractivity contribution in [2.24, 2.45) is 0 Å². The highest BCUT2D eigenvalue weighted by atomic mass is 19.4. The minimum atomic E-state index is -4.88. The number of hydrogen-bond acceptors (Lipinski definition) is 7. The zero-order valence-corrected chi connectivity index (χ0v) is 16.8. The first-order valence-corrected chi connectivity index (χ1v) is 9.98. The van der Waals surface area contributed by atoms with Crippen LogP contribution >= 0.6 is 0 Å². The Labute approximate surface area is 177 Å². The highest BCUT2D eigenvalue weighted by Gasteiger charge is 2.44. The molecule has 0 aliphatic carbocycles. The normalized spacial score (nSPS) is 26.6. The molecule has 0 aromatic heterocycles. The lowest BCUT2D eigenvalue weighted by Crippen LogP contribution is -2.59. The number of nitrogens with one attached hydrogen (secondary N) is 1. The molecule has 8 nitrogen and oxygen atoms in total. The van der Waals surface area contributed by atoms with E-state index < -0.39 is 42.8 Å². The van der Waals surface area contributed by atoms with Crippen molar-refractivity contribution >= 4 is 5.91 Å². The molecule has 1 aliphatic rings. The number of unbranched alkanes of at least 4 members (excludes halogenated alkanes) is 2. The second-order valence-corrected chi connectivity index (χ2v) is 7.20. The van der Waals surface area contributed by atoms with Crippen LogP contribution in [-0.4, -0.2) is 77.9 Å². The third kappa shape index (κ3) is 8.36. The van der Waals surface area contributed by atoms with Crippen molar-refractivity contribution in [3.8, 4) is 0 Å². The van der Waals surface area contributed by atoms with E-state index in [0.717, 1.165) is 5.56 Å². The molecule has 1 aromatic carbocycles. The third-order valence-electron chi connectivity index (χ3n) is 4.72. The predicted octanol–water partition coefficient (Wildman–Crippen LogP) is 0.876. The molecule has 0 saturated carbocycles. The summed E-state index contributed by atoms with van der Waals surface area (Å²) in [5.74, 6) is -1.96. The highest BCUT2D eigenvalue weighted by Crippen LogP contribution is 2.23. The maximum absolute atomic E-state index is 12.0. The number of aliphatic hydroxyl groups is 3.